The smallest absolute Gasteiger partial charge is 0.290 e. The molecule has 2 aromatic carbocycles. The van der Waals surface area contributed by atoms with Crippen LogP contribution in [0.3, 0.4) is 0 Å². The highest BCUT2D eigenvalue weighted by atomic mass is 32.2. The summed E-state index contributed by atoms with van der Waals surface area (Å²) in [5, 5.41) is 2.41. The number of nitrogens with one attached hydrogen (secondary N) is 1. The summed E-state index contributed by atoms with van der Waals surface area (Å²) < 4.78 is 7.59. The lowest BCUT2D eigenvalue weighted by Crippen LogP contribution is -2.18. The second kappa shape index (κ2) is 7.32. The van der Waals surface area contributed by atoms with Crippen molar-refractivity contribution in [1.82, 2.24) is 14.9 Å². The predicted molar refractivity (Wildman–Crippen MR) is 107 cm³/mol. The van der Waals surface area contributed by atoms with Gasteiger partial charge in [0.1, 0.15) is 12.4 Å². The van der Waals surface area contributed by atoms with Crippen molar-refractivity contribution in [2.75, 3.05) is 0 Å². The topological polar surface area (TPSA) is 90.3 Å². The second-order valence-electron chi connectivity index (χ2n) is 6.12. The number of para-hydroxylation sites is 1. The van der Waals surface area contributed by atoms with Gasteiger partial charge >= 0.3 is 0 Å². The van der Waals surface area contributed by atoms with Crippen LogP contribution in [-0.2, 0) is 18.4 Å². The molecule has 7 nitrogen and oxygen atoms in total. The van der Waals surface area contributed by atoms with Crippen LogP contribution in [-0.4, -0.2) is 20.7 Å². The summed E-state index contributed by atoms with van der Waals surface area (Å²) in [6, 6.07) is 14.4. The van der Waals surface area contributed by atoms with Gasteiger partial charge in [0.25, 0.3) is 16.7 Å². The van der Waals surface area contributed by atoms with E-state index >= 15 is 0 Å². The number of aromatic nitrogens is 2. The van der Waals surface area contributed by atoms with Gasteiger partial charge in [-0.3, -0.25) is 19.7 Å². The standard InChI is InChI=1S/C20H15N3O4S/c1-23-15-5-3-2-4-14(15)18(24)21-17(23)11-27-13-8-6-12(7-9-13)10-16-19(25)22-20(26)28-16/h2-10H,11H2,1H3,(H,22,25,26)/b16-10+. The molecule has 28 heavy (non-hydrogen) atoms. The summed E-state index contributed by atoms with van der Waals surface area (Å²) in [6.45, 7) is 0.143. The summed E-state index contributed by atoms with van der Waals surface area (Å²) in [7, 11) is 1.84. The maximum absolute atomic E-state index is 12.2. The molecule has 2 amide bonds. The zero-order valence-corrected chi connectivity index (χ0v) is 15.7. The maximum atomic E-state index is 12.2. The molecule has 0 spiro atoms. The minimum atomic E-state index is -0.390. The molecule has 0 saturated carbocycles. The molecule has 0 radical (unpaired) electrons. The van der Waals surface area contributed by atoms with Crippen molar-refractivity contribution in [3.05, 3.63) is 75.2 Å². The largest absolute Gasteiger partial charge is 0.486 e. The molecule has 1 aliphatic rings. The van der Waals surface area contributed by atoms with E-state index in [0.717, 1.165) is 22.8 Å². The molecule has 1 aromatic heterocycles. The molecule has 0 bridgehead atoms. The van der Waals surface area contributed by atoms with Crippen molar-refractivity contribution in [2.24, 2.45) is 7.05 Å². The quantitative estimate of drug-likeness (QED) is 0.686. The van der Waals surface area contributed by atoms with Gasteiger partial charge in [-0.2, -0.15) is 4.98 Å². The number of benzene rings is 2. The van der Waals surface area contributed by atoms with E-state index < -0.39 is 5.91 Å². The van der Waals surface area contributed by atoms with Crippen LogP contribution in [0.25, 0.3) is 17.0 Å². The number of hydrogen-bond acceptors (Lipinski definition) is 6. The molecule has 4 rings (SSSR count). The molecule has 1 aliphatic heterocycles. The SMILES string of the molecule is Cn1c(COc2ccc(/C=C3/SC(=O)NC3=O)cc2)nc(=O)c2ccccc21. The Hall–Kier alpha value is -3.39. The van der Waals surface area contributed by atoms with Gasteiger partial charge in [-0.1, -0.05) is 24.3 Å². The first-order chi connectivity index (χ1) is 13.5. The van der Waals surface area contributed by atoms with Gasteiger partial charge in [0.2, 0.25) is 0 Å². The highest BCUT2D eigenvalue weighted by Gasteiger charge is 2.24. The molecule has 8 heteroatoms. The van der Waals surface area contributed by atoms with Crippen molar-refractivity contribution >= 4 is 39.9 Å². The van der Waals surface area contributed by atoms with Crippen molar-refractivity contribution in [1.29, 1.82) is 0 Å². The molecule has 1 saturated heterocycles. The third-order valence-electron chi connectivity index (χ3n) is 4.30. The number of amides is 2. The van der Waals surface area contributed by atoms with Crippen molar-refractivity contribution in [2.45, 2.75) is 6.61 Å². The van der Waals surface area contributed by atoms with Crippen LogP contribution >= 0.6 is 11.8 Å². The number of nitrogens with zero attached hydrogens (tertiary/aromatic N) is 2. The molecule has 0 atom stereocenters. The Kier molecular flexibility index (Phi) is 4.70. The van der Waals surface area contributed by atoms with E-state index in [9.17, 15) is 14.4 Å². The lowest BCUT2D eigenvalue weighted by molar-refractivity contribution is -0.115. The predicted octanol–water partition coefficient (Wildman–Crippen LogP) is 2.84. The van der Waals surface area contributed by atoms with Gasteiger partial charge in [0.15, 0.2) is 5.82 Å². The third-order valence-corrected chi connectivity index (χ3v) is 5.11. The Bertz CT molecular complexity index is 1180. The number of aryl methyl sites for hydroxylation is 1. The summed E-state index contributed by atoms with van der Waals surface area (Å²) in [5.74, 6) is 0.732. The highest BCUT2D eigenvalue weighted by Crippen LogP contribution is 2.26. The number of rotatable bonds is 4. The zero-order chi connectivity index (χ0) is 19.7. The number of imide groups is 1. The Labute approximate surface area is 164 Å². The number of fused-ring (bicyclic) bond motifs is 1. The van der Waals surface area contributed by atoms with Gasteiger partial charge in [0, 0.05) is 7.05 Å². The van der Waals surface area contributed by atoms with Crippen LogP contribution in [0.1, 0.15) is 11.4 Å². The Morgan fingerprint density at radius 1 is 1.11 bits per heavy atom. The van der Waals surface area contributed by atoms with Crippen LogP contribution in [0, 0.1) is 0 Å². The van der Waals surface area contributed by atoms with E-state index in [1.165, 1.54) is 0 Å². The number of thioether (sulfide) groups is 1. The van der Waals surface area contributed by atoms with Crippen LogP contribution in [0.2, 0.25) is 0 Å². The van der Waals surface area contributed by atoms with E-state index in [-0.39, 0.29) is 17.4 Å². The fraction of sp³-hybridized carbons (Fsp3) is 0.100. The minimum Gasteiger partial charge on any atom is -0.486 e. The first-order valence-electron chi connectivity index (χ1n) is 8.43. The average molecular weight is 393 g/mol. The first-order valence-corrected chi connectivity index (χ1v) is 9.25. The van der Waals surface area contributed by atoms with Crippen LogP contribution in [0.15, 0.2) is 58.2 Å². The Morgan fingerprint density at radius 2 is 1.86 bits per heavy atom. The summed E-state index contributed by atoms with van der Waals surface area (Å²) in [4.78, 5) is 39.4. The summed E-state index contributed by atoms with van der Waals surface area (Å²) in [5.41, 5.74) is 1.29. The molecule has 1 N–H and O–H groups in total. The van der Waals surface area contributed by atoms with Crippen LogP contribution < -0.4 is 15.6 Å². The van der Waals surface area contributed by atoms with E-state index in [1.807, 2.05) is 29.8 Å². The van der Waals surface area contributed by atoms with E-state index in [2.05, 4.69) is 10.3 Å². The molecule has 2 heterocycles. The van der Waals surface area contributed by atoms with E-state index in [0.29, 0.717) is 21.9 Å². The lowest BCUT2D eigenvalue weighted by Gasteiger charge is -2.12. The van der Waals surface area contributed by atoms with Gasteiger partial charge < -0.3 is 9.30 Å². The fourth-order valence-electron chi connectivity index (χ4n) is 2.85. The van der Waals surface area contributed by atoms with Crippen LogP contribution in [0.5, 0.6) is 5.75 Å². The van der Waals surface area contributed by atoms with E-state index in [1.54, 1.807) is 36.4 Å². The Balaban J connectivity index is 1.50. The van der Waals surface area contributed by atoms with Gasteiger partial charge in [0.05, 0.1) is 15.8 Å². The van der Waals surface area contributed by atoms with Crippen molar-refractivity contribution in [3.63, 3.8) is 0 Å². The molecule has 140 valence electrons. The summed E-state index contributed by atoms with van der Waals surface area (Å²) in [6.07, 6.45) is 1.64. The molecule has 1 fully saturated rings. The fourth-order valence-corrected chi connectivity index (χ4v) is 3.53. The summed E-state index contributed by atoms with van der Waals surface area (Å²) >= 11 is 0.874. The normalized spacial score (nSPS) is 15.2. The van der Waals surface area contributed by atoms with Crippen molar-refractivity contribution in [3.8, 4) is 5.75 Å². The van der Waals surface area contributed by atoms with Gasteiger partial charge in [-0.05, 0) is 47.7 Å². The second-order valence-corrected chi connectivity index (χ2v) is 7.13. The average Bonchev–Trinajstić information content (AvgIpc) is 3.01. The van der Waals surface area contributed by atoms with Crippen LogP contribution in [0.4, 0.5) is 4.79 Å². The molecule has 0 aliphatic carbocycles. The molecule has 0 unspecified atom stereocenters. The molecular formula is C20H15N3O4S. The van der Waals surface area contributed by atoms with Gasteiger partial charge in [-0.15, -0.1) is 0 Å². The molecular weight excluding hydrogens is 378 g/mol. The number of carbonyl (C=O) groups excluding carboxylic acids is 2. The Morgan fingerprint density at radius 3 is 2.57 bits per heavy atom. The highest BCUT2D eigenvalue weighted by molar-refractivity contribution is 8.18. The first kappa shape index (κ1) is 18.0. The van der Waals surface area contributed by atoms with Crippen molar-refractivity contribution < 1.29 is 14.3 Å². The monoisotopic (exact) mass is 393 g/mol. The zero-order valence-electron chi connectivity index (χ0n) is 14.8. The minimum absolute atomic E-state index is 0.143. The number of ether oxygens (including phenoxy) is 1. The third kappa shape index (κ3) is 3.54. The lowest BCUT2D eigenvalue weighted by atomic mass is 10.2. The number of carbonyl (C=O) groups is 2. The van der Waals surface area contributed by atoms with E-state index in [4.69, 9.17) is 4.74 Å². The number of hydrogen-bond donors (Lipinski definition) is 1. The van der Waals surface area contributed by atoms with Gasteiger partial charge in [-0.25, -0.2) is 0 Å². The molecule has 3 aromatic rings. The maximum Gasteiger partial charge on any atom is 0.290 e.